The summed E-state index contributed by atoms with van der Waals surface area (Å²) in [6, 6.07) is 81.1. The number of fused-ring (bicyclic) bond motifs is 7. The van der Waals surface area contributed by atoms with Crippen molar-refractivity contribution in [1.29, 1.82) is 0 Å². The van der Waals surface area contributed by atoms with Gasteiger partial charge in [0, 0.05) is 23.8 Å². The van der Waals surface area contributed by atoms with Gasteiger partial charge in [0.2, 0.25) is 0 Å². The second-order valence-corrected chi connectivity index (χ2v) is 28.0. The van der Waals surface area contributed by atoms with Gasteiger partial charge in [-0.15, -0.1) is 0 Å². The third-order valence-electron chi connectivity index (χ3n) is 18.2. The van der Waals surface area contributed by atoms with Crippen molar-refractivity contribution in [3.05, 3.63) is 257 Å². The van der Waals surface area contributed by atoms with E-state index in [4.69, 9.17) is 4.74 Å². The van der Waals surface area contributed by atoms with E-state index in [1.165, 1.54) is 128 Å². The molecular weight excluding hydrogens is 1000 g/mol. The molecule has 0 atom stereocenters. The molecule has 2 aliphatic heterocycles. The summed E-state index contributed by atoms with van der Waals surface area (Å²) in [7, 11) is 0. The normalized spacial score (nSPS) is 13.7. The highest BCUT2D eigenvalue weighted by Crippen LogP contribution is 2.51. The molecule has 10 aromatic carbocycles. The van der Waals surface area contributed by atoms with Crippen molar-refractivity contribution >= 4 is 34.5 Å². The number of nitrogens with zero attached hydrogens (tertiary/aromatic N) is 1. The standard InChI is InChI=1S/C80H78BNO/c1-77(2,3)58-41-55(42-59(49-58)78(4,5)6)53-36-38-69-71(45-53)82(40-24-35-64-62(51-25-15-13-16-26-51)33-23-34-63(64)52-27-17-14-18-28-52)72-46-57(75-67-31-21-19-29-65(67)66-30-20-22-32-68(66)75)48-74-76(72)81(69)70-39-37-54(47-73(70)83-74)56-43-60(79(7,8)9)50-61(44-56)80(10,11)12/h13-23,25-34,36-39,41-50,75H,24,35,40H2,1-12H3. The van der Waals surface area contributed by atoms with Crippen molar-refractivity contribution < 1.29 is 4.74 Å². The first-order valence-electron chi connectivity index (χ1n) is 30.3. The van der Waals surface area contributed by atoms with Gasteiger partial charge in [-0.05, 0) is 175 Å². The van der Waals surface area contributed by atoms with Crippen molar-refractivity contribution in [1.82, 2.24) is 0 Å². The number of anilines is 2. The van der Waals surface area contributed by atoms with Gasteiger partial charge in [0.25, 0.3) is 6.71 Å². The molecule has 10 aromatic rings. The van der Waals surface area contributed by atoms with E-state index in [1.54, 1.807) is 0 Å². The molecule has 0 saturated heterocycles. The Kier molecular flexibility index (Phi) is 13.3. The van der Waals surface area contributed by atoms with Crippen LogP contribution >= 0.6 is 0 Å². The van der Waals surface area contributed by atoms with Gasteiger partial charge in [-0.25, -0.2) is 0 Å². The molecule has 0 amide bonds. The fourth-order valence-corrected chi connectivity index (χ4v) is 13.5. The van der Waals surface area contributed by atoms with Gasteiger partial charge in [-0.3, -0.25) is 0 Å². The minimum absolute atomic E-state index is 0.0156. The molecule has 3 aliphatic rings. The fraction of sp³-hybridized carbons (Fsp3) is 0.250. The summed E-state index contributed by atoms with van der Waals surface area (Å²) in [6.45, 7) is 28.8. The van der Waals surface area contributed by atoms with Crippen LogP contribution in [0.5, 0.6) is 11.5 Å². The summed E-state index contributed by atoms with van der Waals surface area (Å²) >= 11 is 0. The number of hydrogen-bond acceptors (Lipinski definition) is 2. The molecule has 0 bridgehead atoms. The maximum atomic E-state index is 7.58. The van der Waals surface area contributed by atoms with E-state index in [9.17, 15) is 0 Å². The summed E-state index contributed by atoms with van der Waals surface area (Å²) in [4.78, 5) is 2.70. The molecule has 0 fully saturated rings. The quantitative estimate of drug-likeness (QED) is 0.134. The van der Waals surface area contributed by atoms with E-state index in [1.807, 2.05) is 0 Å². The van der Waals surface area contributed by atoms with Gasteiger partial charge in [0.1, 0.15) is 11.5 Å². The Morgan fingerprint density at radius 2 is 0.831 bits per heavy atom. The molecule has 0 saturated carbocycles. The molecule has 0 aromatic heterocycles. The zero-order valence-corrected chi connectivity index (χ0v) is 50.8. The lowest BCUT2D eigenvalue weighted by Gasteiger charge is -2.41. The van der Waals surface area contributed by atoms with Crippen LogP contribution in [-0.2, 0) is 28.1 Å². The third kappa shape index (κ3) is 9.94. The molecule has 0 N–H and O–H groups in total. The molecule has 13 rings (SSSR count). The summed E-state index contributed by atoms with van der Waals surface area (Å²) in [5.74, 6) is 1.91. The van der Waals surface area contributed by atoms with Gasteiger partial charge in [0.05, 0.1) is 0 Å². The van der Waals surface area contributed by atoms with Crippen LogP contribution in [0.3, 0.4) is 0 Å². The Morgan fingerprint density at radius 3 is 1.34 bits per heavy atom. The lowest BCUT2D eigenvalue weighted by molar-refractivity contribution is 0.487. The molecule has 412 valence electrons. The Balaban J connectivity index is 1.03. The molecule has 0 spiro atoms. The van der Waals surface area contributed by atoms with Crippen molar-refractivity contribution in [2.75, 3.05) is 11.4 Å². The highest BCUT2D eigenvalue weighted by Gasteiger charge is 2.43. The Hall–Kier alpha value is -8.14. The molecule has 83 heavy (non-hydrogen) atoms. The summed E-state index contributed by atoms with van der Waals surface area (Å²) in [5.41, 5.74) is 29.5. The maximum absolute atomic E-state index is 7.58. The first kappa shape index (κ1) is 54.1. The second kappa shape index (κ2) is 20.3. The van der Waals surface area contributed by atoms with Crippen molar-refractivity contribution in [3.8, 4) is 67.1 Å². The van der Waals surface area contributed by atoms with Crippen molar-refractivity contribution in [2.24, 2.45) is 0 Å². The maximum Gasteiger partial charge on any atom is 0.256 e. The van der Waals surface area contributed by atoms with Crippen molar-refractivity contribution in [3.63, 3.8) is 0 Å². The third-order valence-corrected chi connectivity index (χ3v) is 18.2. The molecule has 0 radical (unpaired) electrons. The first-order valence-corrected chi connectivity index (χ1v) is 30.3. The molecule has 2 heterocycles. The molecule has 2 nitrogen and oxygen atoms in total. The monoisotopic (exact) mass is 1080 g/mol. The van der Waals surface area contributed by atoms with Crippen LogP contribution in [-0.4, -0.2) is 13.3 Å². The summed E-state index contributed by atoms with van der Waals surface area (Å²) in [6.07, 6.45) is 1.82. The topological polar surface area (TPSA) is 12.5 Å². The van der Waals surface area contributed by atoms with E-state index in [2.05, 4.69) is 300 Å². The number of benzene rings is 10. The second-order valence-electron chi connectivity index (χ2n) is 28.0. The van der Waals surface area contributed by atoms with Crippen molar-refractivity contribution in [2.45, 2.75) is 124 Å². The first-order chi connectivity index (χ1) is 39.7. The predicted octanol–water partition coefficient (Wildman–Crippen LogP) is 19.4. The minimum Gasteiger partial charge on any atom is -0.458 e. The predicted molar refractivity (Wildman–Crippen MR) is 355 cm³/mol. The minimum atomic E-state index is -0.0594. The molecule has 1 aliphatic carbocycles. The largest absolute Gasteiger partial charge is 0.458 e. The van der Waals surface area contributed by atoms with Gasteiger partial charge in [-0.2, -0.15) is 0 Å². The SMILES string of the molecule is CC(C)(C)c1cc(-c2ccc3c(c2)Oc2cc(C4c5ccccc5-c5ccccc54)cc4c2B3c2ccc(-c3cc(C(C)(C)C)cc(C(C)(C)C)c3)cc2N4CCCc2c(-c3ccccc3)cccc2-c2ccccc2)cc(C(C)(C)C)c1. The average Bonchev–Trinajstić information content (AvgIpc) is 2.84. The Bertz CT molecular complexity index is 3970. The highest BCUT2D eigenvalue weighted by atomic mass is 16.5. The highest BCUT2D eigenvalue weighted by molar-refractivity contribution is 6.99. The van der Waals surface area contributed by atoms with Crippen LogP contribution in [0.4, 0.5) is 11.4 Å². The smallest absolute Gasteiger partial charge is 0.256 e. The van der Waals surface area contributed by atoms with Gasteiger partial charge in [-0.1, -0.05) is 271 Å². The molecular formula is C80H78BNO. The van der Waals surface area contributed by atoms with E-state index in [0.717, 1.165) is 30.9 Å². The number of hydrogen-bond donors (Lipinski definition) is 0. The summed E-state index contributed by atoms with van der Waals surface area (Å²) in [5, 5.41) is 0. The van der Waals surface area contributed by atoms with E-state index >= 15 is 0 Å². The zero-order valence-electron chi connectivity index (χ0n) is 50.8. The van der Waals surface area contributed by atoms with E-state index in [0.29, 0.717) is 0 Å². The van der Waals surface area contributed by atoms with Crippen LogP contribution in [0.1, 0.15) is 140 Å². The lowest BCUT2D eigenvalue weighted by Crippen LogP contribution is -2.60. The number of ether oxygens (including phenoxy) is 1. The average molecular weight is 1080 g/mol. The van der Waals surface area contributed by atoms with Gasteiger partial charge in [0.15, 0.2) is 0 Å². The van der Waals surface area contributed by atoms with E-state index in [-0.39, 0.29) is 34.3 Å². The Morgan fingerprint density at radius 1 is 0.373 bits per heavy atom. The molecule has 3 heteroatoms. The van der Waals surface area contributed by atoms with Gasteiger partial charge < -0.3 is 9.64 Å². The summed E-state index contributed by atoms with van der Waals surface area (Å²) < 4.78 is 7.58. The van der Waals surface area contributed by atoms with Crippen LogP contribution < -0.4 is 26.0 Å². The van der Waals surface area contributed by atoms with Crippen LogP contribution in [0.15, 0.2) is 212 Å². The van der Waals surface area contributed by atoms with Crippen LogP contribution in [0, 0.1) is 0 Å². The molecule has 0 unspecified atom stereocenters. The van der Waals surface area contributed by atoms with Gasteiger partial charge >= 0.3 is 0 Å². The fourth-order valence-electron chi connectivity index (χ4n) is 13.5. The lowest BCUT2D eigenvalue weighted by atomic mass is 9.34. The number of rotatable bonds is 9. The van der Waals surface area contributed by atoms with Crippen LogP contribution in [0.2, 0.25) is 0 Å². The Labute approximate surface area is 495 Å². The zero-order chi connectivity index (χ0) is 57.7. The van der Waals surface area contributed by atoms with Crippen LogP contribution in [0.25, 0.3) is 55.6 Å². The van der Waals surface area contributed by atoms with E-state index < -0.39 is 0 Å².